The number of hydrogen-bond acceptors (Lipinski definition) is 6. The van der Waals surface area contributed by atoms with Crippen LogP contribution in [0, 0.1) is 28.6 Å². The van der Waals surface area contributed by atoms with Crippen LogP contribution in [-0.4, -0.2) is 52.5 Å². The van der Waals surface area contributed by atoms with Crippen molar-refractivity contribution in [3.8, 4) is 0 Å². The molecule has 7 nitrogen and oxygen atoms in total. The number of nitrogens with zero attached hydrogens (tertiary/aromatic N) is 2. The molecule has 6 rings (SSSR count). The summed E-state index contributed by atoms with van der Waals surface area (Å²) >= 11 is 0. The highest BCUT2D eigenvalue weighted by atomic mass is 16.6. The number of hydrogen-bond donors (Lipinski definition) is 0. The molecule has 6 atom stereocenters. The number of carbonyl (C=O) groups excluding carboxylic acids is 3. The van der Waals surface area contributed by atoms with Gasteiger partial charge in [0, 0.05) is 31.8 Å². The van der Waals surface area contributed by atoms with E-state index in [1.807, 2.05) is 69.6 Å². The molecule has 0 spiro atoms. The van der Waals surface area contributed by atoms with E-state index < -0.39 is 11.6 Å². The van der Waals surface area contributed by atoms with E-state index in [-0.39, 0.29) is 48.2 Å². The molecule has 2 saturated carbocycles. The van der Waals surface area contributed by atoms with Gasteiger partial charge < -0.3 is 14.4 Å². The molecule has 0 saturated heterocycles. The van der Waals surface area contributed by atoms with Gasteiger partial charge in [0.05, 0.1) is 6.42 Å². The topological polar surface area (TPSA) is 85.8 Å². The van der Waals surface area contributed by atoms with E-state index in [4.69, 9.17) is 9.47 Å². The SMILES string of the molecule is CC(C)(C)OC(=O)CN(CCc1ccccc1)C(=O)CCC(=O)O[C@H]1CC[C@@]2(C)C(=CC[C@@H]3[C@@H]2CC[C@]2(C)C(c4cccnc4)=CC[C@@H]32)C1. The number of aromatic nitrogens is 1. The molecule has 2 fully saturated rings. The third-order valence-electron chi connectivity index (χ3n) is 12.1. The average molecular weight is 667 g/mol. The maximum atomic E-state index is 13.3. The Balaban J connectivity index is 1.03. The lowest BCUT2D eigenvalue weighted by molar-refractivity contribution is -0.159. The smallest absolute Gasteiger partial charge is 0.326 e. The maximum Gasteiger partial charge on any atom is 0.326 e. The number of carbonyl (C=O) groups is 3. The van der Waals surface area contributed by atoms with Gasteiger partial charge in [-0.3, -0.25) is 19.4 Å². The van der Waals surface area contributed by atoms with Gasteiger partial charge in [-0.2, -0.15) is 0 Å². The lowest BCUT2D eigenvalue weighted by Crippen LogP contribution is -2.50. The Bertz CT molecular complexity index is 1580. The predicted molar refractivity (Wildman–Crippen MR) is 191 cm³/mol. The van der Waals surface area contributed by atoms with Gasteiger partial charge in [0.1, 0.15) is 18.2 Å². The minimum atomic E-state index is -0.644. The van der Waals surface area contributed by atoms with Crippen LogP contribution >= 0.6 is 0 Å². The van der Waals surface area contributed by atoms with Crippen LogP contribution < -0.4 is 0 Å². The fourth-order valence-corrected chi connectivity index (χ4v) is 9.61. The molecule has 7 heteroatoms. The van der Waals surface area contributed by atoms with Gasteiger partial charge in [0.2, 0.25) is 5.91 Å². The Morgan fingerprint density at radius 1 is 0.898 bits per heavy atom. The molecule has 49 heavy (non-hydrogen) atoms. The van der Waals surface area contributed by atoms with Crippen molar-refractivity contribution in [3.05, 3.63) is 83.7 Å². The third kappa shape index (κ3) is 7.71. The maximum absolute atomic E-state index is 13.3. The van der Waals surface area contributed by atoms with E-state index in [2.05, 4.69) is 37.0 Å². The molecule has 1 amide bonds. The van der Waals surface area contributed by atoms with E-state index in [9.17, 15) is 14.4 Å². The van der Waals surface area contributed by atoms with Crippen molar-refractivity contribution in [1.29, 1.82) is 0 Å². The van der Waals surface area contributed by atoms with E-state index in [0.29, 0.717) is 30.7 Å². The third-order valence-corrected chi connectivity index (χ3v) is 12.1. The van der Waals surface area contributed by atoms with E-state index >= 15 is 0 Å². The number of amides is 1. The largest absolute Gasteiger partial charge is 0.462 e. The number of esters is 2. The van der Waals surface area contributed by atoms with Crippen LogP contribution in [0.4, 0.5) is 0 Å². The van der Waals surface area contributed by atoms with Crippen molar-refractivity contribution in [2.45, 2.75) is 111 Å². The molecule has 1 heterocycles. The van der Waals surface area contributed by atoms with E-state index in [1.54, 1.807) is 0 Å². The Hall–Kier alpha value is -3.74. The van der Waals surface area contributed by atoms with Crippen molar-refractivity contribution < 1.29 is 23.9 Å². The first kappa shape index (κ1) is 35.1. The van der Waals surface area contributed by atoms with Crippen LogP contribution in [0.2, 0.25) is 0 Å². The molecule has 0 bridgehead atoms. The van der Waals surface area contributed by atoms with Crippen molar-refractivity contribution in [2.24, 2.45) is 28.6 Å². The quantitative estimate of drug-likeness (QED) is 0.188. The molecule has 1 aromatic carbocycles. The number of allylic oxidation sites excluding steroid dienone is 3. The van der Waals surface area contributed by atoms with Crippen LogP contribution in [0.3, 0.4) is 0 Å². The summed E-state index contributed by atoms with van der Waals surface area (Å²) in [5.41, 5.74) is 4.99. The van der Waals surface area contributed by atoms with Crippen molar-refractivity contribution in [3.63, 3.8) is 0 Å². The van der Waals surface area contributed by atoms with Crippen LogP contribution in [0.5, 0.6) is 0 Å². The lowest BCUT2D eigenvalue weighted by atomic mass is 9.47. The molecule has 262 valence electrons. The van der Waals surface area contributed by atoms with Crippen LogP contribution in [0.25, 0.3) is 5.57 Å². The highest BCUT2D eigenvalue weighted by molar-refractivity contribution is 5.85. The zero-order valence-corrected chi connectivity index (χ0v) is 30.1. The molecule has 0 aliphatic heterocycles. The molecular formula is C42H54N2O5. The first-order chi connectivity index (χ1) is 23.4. The van der Waals surface area contributed by atoms with Gasteiger partial charge in [-0.05, 0) is 117 Å². The Labute approximate surface area is 292 Å². The minimum absolute atomic E-state index is 0.000959. The van der Waals surface area contributed by atoms with E-state index in [1.165, 1.54) is 34.5 Å². The molecule has 4 aliphatic rings. The summed E-state index contributed by atoms with van der Waals surface area (Å²) in [5, 5.41) is 0. The highest BCUT2D eigenvalue weighted by Gasteiger charge is 2.57. The standard InChI is InChI=1S/C42H54N2O5/c1-40(2,3)49-39(47)28-44(25-21-29-10-7-6-8-11-29)37(45)17-18-38(46)48-32-19-22-41(4)31(26-32)13-14-33-35-16-15-34(30-12-9-24-43-27-30)42(35,5)23-20-36(33)41/h6-13,15,24,27,32-33,35-36H,14,16-23,25-26,28H2,1-5H3/t32-,33-,35-,36-,41-,42+/m0/s1. The first-order valence-electron chi connectivity index (χ1n) is 18.4. The van der Waals surface area contributed by atoms with Gasteiger partial charge in [-0.1, -0.05) is 68.0 Å². The molecule has 1 aromatic heterocycles. The number of rotatable bonds is 10. The molecular weight excluding hydrogens is 612 g/mol. The molecule has 4 aliphatic carbocycles. The Morgan fingerprint density at radius 2 is 1.67 bits per heavy atom. The zero-order valence-electron chi connectivity index (χ0n) is 30.1. The van der Waals surface area contributed by atoms with Gasteiger partial charge in [-0.25, -0.2) is 0 Å². The summed E-state index contributed by atoms with van der Waals surface area (Å²) in [6, 6.07) is 14.1. The zero-order chi connectivity index (χ0) is 34.8. The van der Waals surface area contributed by atoms with Crippen LogP contribution in [0.15, 0.2) is 72.6 Å². The first-order valence-corrected chi connectivity index (χ1v) is 18.4. The minimum Gasteiger partial charge on any atom is -0.462 e. The van der Waals surface area contributed by atoms with Crippen LogP contribution in [0.1, 0.15) is 104 Å². The van der Waals surface area contributed by atoms with E-state index in [0.717, 1.165) is 37.7 Å². The number of fused-ring (bicyclic) bond motifs is 5. The number of pyridine rings is 1. The predicted octanol–water partition coefficient (Wildman–Crippen LogP) is 8.14. The average Bonchev–Trinajstić information content (AvgIpc) is 3.43. The molecule has 0 unspecified atom stereocenters. The van der Waals surface area contributed by atoms with Crippen LogP contribution in [-0.2, 0) is 30.3 Å². The second-order valence-corrected chi connectivity index (χ2v) is 16.3. The van der Waals surface area contributed by atoms with Crippen molar-refractivity contribution >= 4 is 23.4 Å². The fraction of sp³-hybridized carbons (Fsp3) is 0.571. The van der Waals surface area contributed by atoms with Gasteiger partial charge in [0.25, 0.3) is 0 Å². The summed E-state index contributed by atoms with van der Waals surface area (Å²) in [6.07, 6.45) is 16.6. The summed E-state index contributed by atoms with van der Waals surface area (Å²) in [6.45, 7) is 10.6. The normalized spacial score (nSPS) is 29.0. The fourth-order valence-electron chi connectivity index (χ4n) is 9.61. The Kier molecular flexibility index (Phi) is 10.2. The van der Waals surface area contributed by atoms with Gasteiger partial charge in [0.15, 0.2) is 0 Å². The van der Waals surface area contributed by atoms with Crippen molar-refractivity contribution in [2.75, 3.05) is 13.1 Å². The molecule has 0 N–H and O–H groups in total. The van der Waals surface area contributed by atoms with Gasteiger partial charge in [-0.15, -0.1) is 0 Å². The Morgan fingerprint density at radius 3 is 2.41 bits per heavy atom. The molecule has 2 aromatic rings. The summed E-state index contributed by atoms with van der Waals surface area (Å²) in [5.74, 6) is 0.914. The molecule has 0 radical (unpaired) electrons. The lowest BCUT2D eigenvalue weighted by Gasteiger charge is -2.57. The van der Waals surface area contributed by atoms with Crippen molar-refractivity contribution in [1.82, 2.24) is 9.88 Å². The summed E-state index contributed by atoms with van der Waals surface area (Å²) in [7, 11) is 0. The summed E-state index contributed by atoms with van der Waals surface area (Å²) in [4.78, 5) is 45.0. The summed E-state index contributed by atoms with van der Waals surface area (Å²) < 4.78 is 11.5. The monoisotopic (exact) mass is 666 g/mol. The second kappa shape index (κ2) is 14.2. The number of ether oxygens (including phenoxy) is 2. The van der Waals surface area contributed by atoms with Gasteiger partial charge >= 0.3 is 11.9 Å². The highest BCUT2D eigenvalue weighted by Crippen LogP contribution is 2.66. The second-order valence-electron chi connectivity index (χ2n) is 16.3. The number of benzene rings is 1.